The molecule has 7 nitrogen and oxygen atoms in total. The van der Waals surface area contributed by atoms with Crippen LogP contribution in [0, 0.1) is 0 Å². The Morgan fingerprint density at radius 1 is 1.58 bits per heavy atom. The van der Waals surface area contributed by atoms with Crippen LogP contribution < -0.4 is 5.56 Å². The first kappa shape index (κ1) is 14.1. The van der Waals surface area contributed by atoms with Crippen molar-refractivity contribution in [2.24, 2.45) is 0 Å². The quantitative estimate of drug-likeness (QED) is 0.813. The van der Waals surface area contributed by atoms with Gasteiger partial charge in [-0.2, -0.15) is 0 Å². The number of esters is 1. The van der Waals surface area contributed by atoms with Gasteiger partial charge in [0.05, 0.1) is 24.2 Å². The smallest absolute Gasteiger partial charge is 0.357 e. The third kappa shape index (κ3) is 2.69. The zero-order chi connectivity index (χ0) is 14.2. The van der Waals surface area contributed by atoms with Crippen LogP contribution in [0.5, 0.6) is 0 Å². The average Bonchev–Trinajstić information content (AvgIpc) is 2.82. The third-order valence-corrected chi connectivity index (χ3v) is 5.01. The molecule has 1 aromatic rings. The molecule has 1 saturated heterocycles. The summed E-state index contributed by atoms with van der Waals surface area (Å²) in [5, 5.41) is 2.27. The highest BCUT2D eigenvalue weighted by Crippen LogP contribution is 2.23. The fourth-order valence-electron chi connectivity index (χ4n) is 2.01. The summed E-state index contributed by atoms with van der Waals surface area (Å²) in [6.45, 7) is 1.78. The van der Waals surface area contributed by atoms with E-state index < -0.39 is 27.4 Å². The number of nitrogens with one attached hydrogen (secondary N) is 1. The number of carbonyl (C=O) groups is 1. The van der Waals surface area contributed by atoms with Gasteiger partial charge in [0.15, 0.2) is 15.5 Å². The van der Waals surface area contributed by atoms with Crippen LogP contribution in [-0.4, -0.2) is 42.3 Å². The highest BCUT2D eigenvalue weighted by molar-refractivity contribution is 7.91. The van der Waals surface area contributed by atoms with Crippen molar-refractivity contribution in [1.82, 2.24) is 9.78 Å². The SMILES string of the molecule is CCOC(=O)c1[nH]n(C2CCS(=O)(=O)C2)c(=O)c1Cl. The van der Waals surface area contributed by atoms with Gasteiger partial charge in [-0.3, -0.25) is 9.89 Å². The van der Waals surface area contributed by atoms with Crippen molar-refractivity contribution in [3.8, 4) is 0 Å². The van der Waals surface area contributed by atoms with E-state index in [2.05, 4.69) is 5.10 Å². The van der Waals surface area contributed by atoms with Gasteiger partial charge in [-0.25, -0.2) is 17.9 Å². The first-order valence-corrected chi connectivity index (χ1v) is 7.93. The first-order chi connectivity index (χ1) is 8.85. The van der Waals surface area contributed by atoms with Gasteiger partial charge in [0, 0.05) is 0 Å². The van der Waals surface area contributed by atoms with Gasteiger partial charge in [0.25, 0.3) is 5.56 Å². The van der Waals surface area contributed by atoms with Gasteiger partial charge in [-0.15, -0.1) is 0 Å². The van der Waals surface area contributed by atoms with Crippen molar-refractivity contribution in [3.63, 3.8) is 0 Å². The molecule has 0 aliphatic carbocycles. The van der Waals surface area contributed by atoms with Gasteiger partial charge in [0.2, 0.25) is 0 Å². The minimum atomic E-state index is -3.13. The van der Waals surface area contributed by atoms with Gasteiger partial charge >= 0.3 is 5.97 Å². The van der Waals surface area contributed by atoms with Crippen LogP contribution >= 0.6 is 11.6 Å². The monoisotopic (exact) mass is 308 g/mol. The van der Waals surface area contributed by atoms with E-state index in [0.29, 0.717) is 6.42 Å². The Balaban J connectivity index is 2.36. The fraction of sp³-hybridized carbons (Fsp3) is 0.600. The zero-order valence-corrected chi connectivity index (χ0v) is 11.8. The highest BCUT2D eigenvalue weighted by Gasteiger charge is 2.32. The molecule has 1 aromatic heterocycles. The van der Waals surface area contributed by atoms with Crippen molar-refractivity contribution in [2.45, 2.75) is 19.4 Å². The van der Waals surface area contributed by atoms with Gasteiger partial charge < -0.3 is 4.74 Å². The van der Waals surface area contributed by atoms with E-state index >= 15 is 0 Å². The Bertz CT molecular complexity index is 660. The summed E-state index contributed by atoms with van der Waals surface area (Å²) >= 11 is 5.78. The van der Waals surface area contributed by atoms with E-state index in [0.717, 1.165) is 4.68 Å². The predicted octanol–water partition coefficient (Wildman–Crippen LogP) is 0.366. The van der Waals surface area contributed by atoms with Crippen LogP contribution in [0.4, 0.5) is 0 Å². The number of rotatable bonds is 3. The lowest BCUT2D eigenvalue weighted by molar-refractivity contribution is 0.0518. The standard InChI is InChI=1S/C10H13ClN2O5S/c1-2-18-10(15)8-7(11)9(14)13(12-8)6-3-4-19(16,17)5-6/h6,12H,2-5H2,1H3. The largest absolute Gasteiger partial charge is 0.461 e. The number of H-pyrrole nitrogens is 1. The Labute approximate surface area is 114 Å². The number of aromatic nitrogens is 2. The van der Waals surface area contributed by atoms with Crippen LogP contribution in [0.25, 0.3) is 0 Å². The maximum absolute atomic E-state index is 11.9. The highest BCUT2D eigenvalue weighted by atomic mass is 35.5. The number of nitrogens with zero attached hydrogens (tertiary/aromatic N) is 1. The molecule has 1 fully saturated rings. The van der Waals surface area contributed by atoms with Crippen molar-refractivity contribution in [1.29, 1.82) is 0 Å². The van der Waals surface area contributed by atoms with Crippen molar-refractivity contribution in [3.05, 3.63) is 21.1 Å². The number of aromatic amines is 1. The van der Waals surface area contributed by atoms with Crippen LogP contribution in [0.15, 0.2) is 4.79 Å². The van der Waals surface area contributed by atoms with E-state index in [4.69, 9.17) is 16.3 Å². The molecule has 1 unspecified atom stereocenters. The Hall–Kier alpha value is -1.28. The predicted molar refractivity (Wildman–Crippen MR) is 68.3 cm³/mol. The minimum absolute atomic E-state index is 0.0233. The van der Waals surface area contributed by atoms with Gasteiger partial charge in [0.1, 0.15) is 5.02 Å². The molecule has 19 heavy (non-hydrogen) atoms. The van der Waals surface area contributed by atoms with Crippen molar-refractivity contribution < 1.29 is 17.9 Å². The number of hydrogen-bond acceptors (Lipinski definition) is 5. The number of hydrogen-bond donors (Lipinski definition) is 1. The second-order valence-electron chi connectivity index (χ2n) is 4.25. The number of carbonyl (C=O) groups excluding carboxylic acids is 1. The Morgan fingerprint density at radius 2 is 2.26 bits per heavy atom. The lowest BCUT2D eigenvalue weighted by Gasteiger charge is -2.07. The number of halogens is 1. The maximum Gasteiger partial charge on any atom is 0.357 e. The maximum atomic E-state index is 11.9. The summed E-state index contributed by atoms with van der Waals surface area (Å²) in [5.41, 5.74) is -0.746. The van der Waals surface area contributed by atoms with E-state index in [-0.39, 0.29) is 28.8 Å². The third-order valence-electron chi connectivity index (χ3n) is 2.91. The molecule has 106 valence electrons. The summed E-state index contributed by atoms with van der Waals surface area (Å²) < 4.78 is 28.7. The fourth-order valence-corrected chi connectivity index (χ4v) is 3.92. The molecule has 0 amide bonds. The number of sulfone groups is 1. The molecule has 0 spiro atoms. The van der Waals surface area contributed by atoms with Crippen molar-refractivity contribution in [2.75, 3.05) is 18.1 Å². The molecule has 0 bridgehead atoms. The summed E-state index contributed by atoms with van der Waals surface area (Å²) in [4.78, 5) is 23.5. The Morgan fingerprint density at radius 3 is 2.79 bits per heavy atom. The molecular formula is C10H13ClN2O5S. The zero-order valence-electron chi connectivity index (χ0n) is 10.2. The first-order valence-electron chi connectivity index (χ1n) is 5.73. The minimum Gasteiger partial charge on any atom is -0.461 e. The van der Waals surface area contributed by atoms with Crippen LogP contribution in [-0.2, 0) is 14.6 Å². The van der Waals surface area contributed by atoms with E-state index in [1.165, 1.54) is 0 Å². The molecule has 1 atom stereocenters. The molecule has 1 aliphatic heterocycles. The summed E-state index contributed by atoms with van der Waals surface area (Å²) in [5.74, 6) is -0.842. The topological polar surface area (TPSA) is 98.2 Å². The van der Waals surface area contributed by atoms with E-state index in [1.807, 2.05) is 0 Å². The summed E-state index contributed by atoms with van der Waals surface area (Å²) in [7, 11) is -3.13. The second kappa shape index (κ2) is 5.01. The molecule has 0 radical (unpaired) electrons. The molecule has 1 N–H and O–H groups in total. The average molecular weight is 309 g/mol. The van der Waals surface area contributed by atoms with Gasteiger partial charge in [-0.1, -0.05) is 11.6 Å². The number of ether oxygens (including phenoxy) is 1. The molecule has 0 aromatic carbocycles. The lowest BCUT2D eigenvalue weighted by atomic mass is 10.3. The van der Waals surface area contributed by atoms with Crippen LogP contribution in [0.2, 0.25) is 5.02 Å². The molecule has 1 aliphatic rings. The van der Waals surface area contributed by atoms with Crippen LogP contribution in [0.3, 0.4) is 0 Å². The molecule has 2 heterocycles. The second-order valence-corrected chi connectivity index (χ2v) is 6.86. The van der Waals surface area contributed by atoms with E-state index in [9.17, 15) is 18.0 Å². The van der Waals surface area contributed by atoms with Crippen LogP contribution in [0.1, 0.15) is 29.9 Å². The van der Waals surface area contributed by atoms with Crippen molar-refractivity contribution >= 4 is 27.4 Å². The molecular weight excluding hydrogens is 296 g/mol. The molecule has 0 saturated carbocycles. The normalized spacial score (nSPS) is 21.5. The molecule has 9 heteroatoms. The molecule has 2 rings (SSSR count). The Kier molecular flexibility index (Phi) is 3.73. The van der Waals surface area contributed by atoms with Gasteiger partial charge in [-0.05, 0) is 13.3 Å². The van der Waals surface area contributed by atoms with E-state index in [1.54, 1.807) is 6.92 Å². The lowest BCUT2D eigenvalue weighted by Crippen LogP contribution is -2.23. The summed E-state index contributed by atoms with van der Waals surface area (Å²) in [6.07, 6.45) is 0.321. The summed E-state index contributed by atoms with van der Waals surface area (Å²) in [6, 6.07) is -0.516.